The van der Waals surface area contributed by atoms with Gasteiger partial charge in [0.05, 0.1) is 28.6 Å². The van der Waals surface area contributed by atoms with Crippen LogP contribution in [0.15, 0.2) is 42.6 Å². The van der Waals surface area contributed by atoms with E-state index in [4.69, 9.17) is 32.8 Å². The highest BCUT2D eigenvalue weighted by molar-refractivity contribution is 7.85. The Labute approximate surface area is 174 Å². The van der Waals surface area contributed by atoms with Crippen molar-refractivity contribution in [3.8, 4) is 0 Å². The molecule has 0 aliphatic rings. The second-order valence-electron chi connectivity index (χ2n) is 6.67. The number of aromatic nitrogens is 1. The Hall–Kier alpha value is -1.80. The summed E-state index contributed by atoms with van der Waals surface area (Å²) >= 11 is 12.1. The molecule has 1 atom stereocenters. The average molecular weight is 443 g/mol. The summed E-state index contributed by atoms with van der Waals surface area (Å²) in [5, 5.41) is 8.99. The molecule has 0 bridgehead atoms. The average Bonchev–Trinajstić information content (AvgIpc) is 2.62. The number of carbonyl (C=O) groups excluding carboxylic acids is 1. The fraction of sp³-hybridized carbons (Fsp3) is 0.316. The van der Waals surface area contributed by atoms with Crippen LogP contribution in [0.25, 0.3) is 0 Å². The predicted octanol–water partition coefficient (Wildman–Crippen LogP) is 4.31. The molecule has 2 aromatic rings. The van der Waals surface area contributed by atoms with E-state index in [0.29, 0.717) is 10.0 Å². The lowest BCUT2D eigenvalue weighted by atomic mass is 9.75. The molecule has 0 saturated heterocycles. The van der Waals surface area contributed by atoms with E-state index in [0.717, 1.165) is 11.8 Å². The number of pyridine rings is 1. The summed E-state index contributed by atoms with van der Waals surface area (Å²) in [7, 11) is -3.61. The van der Waals surface area contributed by atoms with Crippen LogP contribution in [0.3, 0.4) is 0 Å². The standard InChI is InChI=1S/C19H20Cl2N2O4S/c1-19(8-10-27-28(2,25)26,13-6-7-14(20)15(21)11-13)12-16(22)18(24)17-5-3-4-9-23-17/h3-7,9,11,22H,8,10,12H2,1-2H3. The minimum absolute atomic E-state index is 0.0491. The molecule has 150 valence electrons. The van der Waals surface area contributed by atoms with Crippen molar-refractivity contribution < 1.29 is 17.4 Å². The zero-order valence-electron chi connectivity index (χ0n) is 15.4. The van der Waals surface area contributed by atoms with Gasteiger partial charge in [-0.25, -0.2) is 0 Å². The second kappa shape index (κ2) is 9.13. The Balaban J connectivity index is 2.30. The number of carbonyl (C=O) groups is 1. The molecule has 0 spiro atoms. The monoisotopic (exact) mass is 442 g/mol. The summed E-state index contributed by atoms with van der Waals surface area (Å²) in [6.45, 7) is 1.72. The van der Waals surface area contributed by atoms with Crippen LogP contribution >= 0.6 is 23.2 Å². The van der Waals surface area contributed by atoms with Gasteiger partial charge in [0.25, 0.3) is 10.1 Å². The number of Topliss-reactive ketones (excluding diaryl/α,β-unsaturated/α-hetero) is 1. The summed E-state index contributed by atoms with van der Waals surface area (Å²) in [6, 6.07) is 9.92. The minimum atomic E-state index is -3.61. The fourth-order valence-electron chi connectivity index (χ4n) is 2.75. The first kappa shape index (κ1) is 22.5. The summed E-state index contributed by atoms with van der Waals surface area (Å²) in [4.78, 5) is 16.5. The molecule has 9 heteroatoms. The van der Waals surface area contributed by atoms with Gasteiger partial charge in [0.1, 0.15) is 5.69 Å². The normalized spacial score (nSPS) is 13.7. The third-order valence-electron chi connectivity index (χ3n) is 4.31. The van der Waals surface area contributed by atoms with Crippen molar-refractivity contribution in [1.82, 2.24) is 4.98 Å². The number of nitrogens with zero attached hydrogens (tertiary/aromatic N) is 1. The molecule has 0 aliphatic heterocycles. The molecule has 1 N–H and O–H groups in total. The highest BCUT2D eigenvalue weighted by atomic mass is 35.5. The van der Waals surface area contributed by atoms with E-state index in [9.17, 15) is 13.2 Å². The van der Waals surface area contributed by atoms with Gasteiger partial charge in [-0.15, -0.1) is 0 Å². The third-order valence-corrected chi connectivity index (χ3v) is 5.64. The molecule has 2 rings (SSSR count). The topological polar surface area (TPSA) is 97.2 Å². The van der Waals surface area contributed by atoms with E-state index in [1.54, 1.807) is 36.4 Å². The van der Waals surface area contributed by atoms with Crippen molar-refractivity contribution in [2.45, 2.75) is 25.2 Å². The molecule has 6 nitrogen and oxygen atoms in total. The molecule has 0 amide bonds. The molecule has 1 unspecified atom stereocenters. The first-order valence-corrected chi connectivity index (χ1v) is 10.9. The Morgan fingerprint density at radius 2 is 1.93 bits per heavy atom. The first-order chi connectivity index (χ1) is 13.0. The van der Waals surface area contributed by atoms with E-state index < -0.39 is 21.3 Å². The lowest BCUT2D eigenvalue weighted by Crippen LogP contribution is -2.31. The van der Waals surface area contributed by atoms with E-state index in [2.05, 4.69) is 4.98 Å². The van der Waals surface area contributed by atoms with Crippen LogP contribution < -0.4 is 0 Å². The minimum Gasteiger partial charge on any atom is -0.301 e. The molecule has 1 aromatic heterocycles. The highest BCUT2D eigenvalue weighted by Gasteiger charge is 2.31. The van der Waals surface area contributed by atoms with Gasteiger partial charge in [0.2, 0.25) is 5.78 Å². The van der Waals surface area contributed by atoms with Crippen molar-refractivity contribution >= 4 is 44.8 Å². The van der Waals surface area contributed by atoms with E-state index in [-0.39, 0.29) is 30.9 Å². The zero-order valence-corrected chi connectivity index (χ0v) is 17.7. The maximum atomic E-state index is 12.5. The smallest absolute Gasteiger partial charge is 0.264 e. The Morgan fingerprint density at radius 3 is 2.50 bits per heavy atom. The number of rotatable bonds is 9. The van der Waals surface area contributed by atoms with Crippen molar-refractivity contribution in [3.05, 3.63) is 63.9 Å². The molecule has 28 heavy (non-hydrogen) atoms. The maximum Gasteiger partial charge on any atom is 0.264 e. The van der Waals surface area contributed by atoms with E-state index in [1.807, 2.05) is 6.92 Å². The van der Waals surface area contributed by atoms with Crippen LogP contribution in [0, 0.1) is 5.41 Å². The predicted molar refractivity (Wildman–Crippen MR) is 110 cm³/mol. The van der Waals surface area contributed by atoms with Crippen molar-refractivity contribution in [2.24, 2.45) is 0 Å². The van der Waals surface area contributed by atoms with Crippen molar-refractivity contribution in [1.29, 1.82) is 5.41 Å². The van der Waals surface area contributed by atoms with Gasteiger partial charge in [-0.05, 0) is 36.2 Å². The van der Waals surface area contributed by atoms with Crippen LogP contribution in [0.1, 0.15) is 35.8 Å². The van der Waals surface area contributed by atoms with Crippen molar-refractivity contribution in [2.75, 3.05) is 12.9 Å². The molecule has 1 heterocycles. The molecule has 0 saturated carbocycles. The summed E-state index contributed by atoms with van der Waals surface area (Å²) in [6.07, 6.45) is 2.75. The number of hydrogen-bond donors (Lipinski definition) is 1. The number of halogens is 2. The van der Waals surface area contributed by atoms with E-state index >= 15 is 0 Å². The van der Waals surface area contributed by atoms with Crippen LogP contribution in [0.2, 0.25) is 10.0 Å². The Kier molecular flexibility index (Phi) is 7.33. The third kappa shape index (κ3) is 6.10. The number of hydrogen-bond acceptors (Lipinski definition) is 6. The maximum absolute atomic E-state index is 12.5. The number of nitrogens with one attached hydrogen (secondary N) is 1. The van der Waals surface area contributed by atoms with Gasteiger partial charge >= 0.3 is 0 Å². The van der Waals surface area contributed by atoms with Crippen LogP contribution in [0.4, 0.5) is 0 Å². The molecule has 0 radical (unpaired) electrons. The van der Waals surface area contributed by atoms with Gasteiger partial charge in [-0.3, -0.25) is 14.0 Å². The molecule has 0 fully saturated rings. The summed E-state index contributed by atoms with van der Waals surface area (Å²) in [5.41, 5.74) is -0.0268. The van der Waals surface area contributed by atoms with Gasteiger partial charge < -0.3 is 5.41 Å². The summed E-state index contributed by atoms with van der Waals surface area (Å²) < 4.78 is 27.5. The Morgan fingerprint density at radius 1 is 1.21 bits per heavy atom. The summed E-state index contributed by atoms with van der Waals surface area (Å²) in [5.74, 6) is -0.490. The Bertz CT molecular complexity index is 981. The molecule has 1 aromatic carbocycles. The molecule has 0 aliphatic carbocycles. The lowest BCUT2D eigenvalue weighted by Gasteiger charge is -2.30. The highest BCUT2D eigenvalue weighted by Crippen LogP contribution is 2.36. The first-order valence-electron chi connectivity index (χ1n) is 8.35. The van der Waals surface area contributed by atoms with E-state index in [1.165, 1.54) is 6.20 Å². The van der Waals surface area contributed by atoms with Gasteiger partial charge in [0.15, 0.2) is 0 Å². The van der Waals surface area contributed by atoms with Crippen LogP contribution in [-0.4, -0.2) is 37.8 Å². The zero-order chi connectivity index (χ0) is 20.9. The van der Waals surface area contributed by atoms with Gasteiger partial charge in [-0.2, -0.15) is 8.42 Å². The molecular weight excluding hydrogens is 423 g/mol. The van der Waals surface area contributed by atoms with Gasteiger partial charge in [-0.1, -0.05) is 42.3 Å². The SMILES string of the molecule is CC(CCOS(C)(=O)=O)(CC(=N)C(=O)c1ccccn1)c1ccc(Cl)c(Cl)c1. The molecular formula is C19H20Cl2N2O4S. The second-order valence-corrected chi connectivity index (χ2v) is 9.12. The van der Waals surface area contributed by atoms with Gasteiger partial charge in [0, 0.05) is 18.0 Å². The van der Waals surface area contributed by atoms with Crippen LogP contribution in [0.5, 0.6) is 0 Å². The van der Waals surface area contributed by atoms with Crippen LogP contribution in [-0.2, 0) is 19.7 Å². The number of ketones is 1. The fourth-order valence-corrected chi connectivity index (χ4v) is 3.43. The lowest BCUT2D eigenvalue weighted by molar-refractivity contribution is 0.105. The quantitative estimate of drug-likeness (QED) is 0.354. The number of benzene rings is 1. The largest absolute Gasteiger partial charge is 0.301 e. The van der Waals surface area contributed by atoms with Crippen molar-refractivity contribution in [3.63, 3.8) is 0 Å².